The lowest BCUT2D eigenvalue weighted by molar-refractivity contribution is -0.384. The van der Waals surface area contributed by atoms with Crippen LogP contribution >= 0.6 is 11.6 Å². The average Bonchev–Trinajstić information content (AvgIpc) is 2.64. The number of hydrogen-bond donors (Lipinski definition) is 1. The Morgan fingerprint density at radius 2 is 2.00 bits per heavy atom. The van der Waals surface area contributed by atoms with Crippen LogP contribution in [0.15, 0.2) is 48.5 Å². The van der Waals surface area contributed by atoms with Crippen LogP contribution in [0.5, 0.6) is 5.75 Å². The summed E-state index contributed by atoms with van der Waals surface area (Å²) < 4.78 is 10.3. The number of esters is 1. The number of hydrogen-bond acceptors (Lipinski definition) is 6. The second-order valence-electron chi connectivity index (χ2n) is 5.31. The molecule has 140 valence electrons. The summed E-state index contributed by atoms with van der Waals surface area (Å²) in [5, 5.41) is 10.9. The number of nitro groups is 1. The van der Waals surface area contributed by atoms with Gasteiger partial charge in [-0.15, -0.1) is 0 Å². The van der Waals surface area contributed by atoms with Crippen molar-refractivity contribution in [3.63, 3.8) is 0 Å². The van der Waals surface area contributed by atoms with Gasteiger partial charge in [-0.1, -0.05) is 29.8 Å². The number of benzene rings is 2. The summed E-state index contributed by atoms with van der Waals surface area (Å²) in [6, 6.07) is 10.8. The first-order valence-corrected chi connectivity index (χ1v) is 8.02. The first kappa shape index (κ1) is 19.9. The molecule has 0 aliphatic rings. The summed E-state index contributed by atoms with van der Waals surface area (Å²) in [4.78, 5) is 32.8. The summed E-state index contributed by atoms with van der Waals surface area (Å²) in [5.74, 6) is -0.804. The number of nitrogens with two attached hydrogens (primary N) is 1. The van der Waals surface area contributed by atoms with Crippen LogP contribution in [0.25, 0.3) is 6.08 Å². The van der Waals surface area contributed by atoms with Crippen molar-refractivity contribution < 1.29 is 24.0 Å². The van der Waals surface area contributed by atoms with Crippen molar-refractivity contribution in [1.29, 1.82) is 0 Å². The molecule has 0 spiro atoms. The van der Waals surface area contributed by atoms with E-state index in [0.717, 1.165) is 6.08 Å². The first-order chi connectivity index (χ1) is 12.8. The lowest BCUT2D eigenvalue weighted by atomic mass is 10.2. The van der Waals surface area contributed by atoms with Gasteiger partial charge in [0.05, 0.1) is 4.92 Å². The van der Waals surface area contributed by atoms with E-state index in [9.17, 15) is 19.7 Å². The Labute approximate surface area is 159 Å². The molecule has 0 heterocycles. The highest BCUT2D eigenvalue weighted by atomic mass is 35.5. The molecule has 0 radical (unpaired) electrons. The second kappa shape index (κ2) is 9.35. The molecule has 2 aromatic rings. The summed E-state index contributed by atoms with van der Waals surface area (Å²) in [5.41, 5.74) is 5.85. The van der Waals surface area contributed by atoms with Gasteiger partial charge in [0.15, 0.2) is 6.61 Å². The Morgan fingerprint density at radius 3 is 2.70 bits per heavy atom. The molecule has 0 aliphatic carbocycles. The van der Waals surface area contributed by atoms with Gasteiger partial charge in [0.1, 0.15) is 17.4 Å². The highest BCUT2D eigenvalue weighted by Gasteiger charge is 2.11. The SMILES string of the molecule is NC(=O)COc1cccc(COC(=O)/C=C/c2ccc(Cl)c([N+](=O)[O-])c2)c1. The zero-order valence-electron chi connectivity index (χ0n) is 14.0. The van der Waals surface area contributed by atoms with Gasteiger partial charge in [-0.2, -0.15) is 0 Å². The topological polar surface area (TPSA) is 122 Å². The van der Waals surface area contributed by atoms with Crippen LogP contribution in [-0.4, -0.2) is 23.4 Å². The largest absolute Gasteiger partial charge is 0.484 e. The molecule has 0 saturated heterocycles. The van der Waals surface area contributed by atoms with Crippen LogP contribution in [0.3, 0.4) is 0 Å². The fourth-order valence-electron chi connectivity index (χ4n) is 2.02. The number of nitrogens with zero attached hydrogens (tertiary/aromatic N) is 1. The molecular formula is C18H15ClN2O6. The van der Waals surface area contributed by atoms with Crippen molar-refractivity contribution in [1.82, 2.24) is 0 Å². The van der Waals surface area contributed by atoms with Gasteiger partial charge in [0.2, 0.25) is 0 Å². The lowest BCUT2D eigenvalue weighted by Crippen LogP contribution is -2.20. The predicted octanol–water partition coefficient (Wildman–Crippen LogP) is 2.87. The van der Waals surface area contributed by atoms with E-state index in [1.165, 1.54) is 18.2 Å². The van der Waals surface area contributed by atoms with E-state index in [4.69, 9.17) is 26.8 Å². The van der Waals surface area contributed by atoms with E-state index in [-0.39, 0.29) is 23.9 Å². The maximum atomic E-state index is 11.8. The lowest BCUT2D eigenvalue weighted by Gasteiger charge is -2.06. The van der Waals surface area contributed by atoms with E-state index >= 15 is 0 Å². The highest BCUT2D eigenvalue weighted by molar-refractivity contribution is 6.32. The molecule has 9 heteroatoms. The average molecular weight is 391 g/mol. The standard InChI is InChI=1S/C18H15ClN2O6/c19-15-6-4-12(9-16(15)21(24)25)5-7-18(23)27-10-13-2-1-3-14(8-13)26-11-17(20)22/h1-9H,10-11H2,(H2,20,22)/b7-5+. The fraction of sp³-hybridized carbons (Fsp3) is 0.111. The van der Waals surface area contributed by atoms with Crippen molar-refractivity contribution in [3.05, 3.63) is 74.8 Å². The Bertz CT molecular complexity index is 897. The number of rotatable bonds is 8. The molecule has 0 bridgehead atoms. The number of halogens is 1. The van der Waals surface area contributed by atoms with E-state index in [0.29, 0.717) is 16.9 Å². The molecule has 0 atom stereocenters. The summed E-state index contributed by atoms with van der Waals surface area (Å²) in [6.07, 6.45) is 2.54. The Hall–Kier alpha value is -3.39. The molecule has 2 N–H and O–H groups in total. The molecule has 0 aliphatic heterocycles. The molecule has 27 heavy (non-hydrogen) atoms. The smallest absolute Gasteiger partial charge is 0.331 e. The third-order valence-electron chi connectivity index (χ3n) is 3.24. The van der Waals surface area contributed by atoms with E-state index < -0.39 is 16.8 Å². The zero-order chi connectivity index (χ0) is 19.8. The van der Waals surface area contributed by atoms with Gasteiger partial charge >= 0.3 is 5.97 Å². The van der Waals surface area contributed by atoms with E-state index in [2.05, 4.69) is 0 Å². The van der Waals surface area contributed by atoms with Crippen LogP contribution in [0.2, 0.25) is 5.02 Å². The maximum Gasteiger partial charge on any atom is 0.331 e. The number of carbonyl (C=O) groups excluding carboxylic acids is 2. The molecule has 8 nitrogen and oxygen atoms in total. The van der Waals surface area contributed by atoms with E-state index in [1.807, 2.05) is 0 Å². The van der Waals surface area contributed by atoms with Crippen LogP contribution in [0.4, 0.5) is 5.69 Å². The molecule has 2 aromatic carbocycles. The van der Waals surface area contributed by atoms with Gasteiger partial charge in [0, 0.05) is 12.1 Å². The minimum Gasteiger partial charge on any atom is -0.484 e. The molecule has 2 rings (SSSR count). The van der Waals surface area contributed by atoms with Crippen molar-refractivity contribution in [2.24, 2.45) is 5.73 Å². The Morgan fingerprint density at radius 1 is 1.22 bits per heavy atom. The second-order valence-corrected chi connectivity index (χ2v) is 5.72. The number of amides is 1. The van der Waals surface area contributed by atoms with Gasteiger partial charge < -0.3 is 15.2 Å². The van der Waals surface area contributed by atoms with Crippen molar-refractivity contribution in [3.8, 4) is 5.75 Å². The summed E-state index contributed by atoms with van der Waals surface area (Å²) in [7, 11) is 0. The summed E-state index contributed by atoms with van der Waals surface area (Å²) >= 11 is 5.73. The van der Waals surface area contributed by atoms with Crippen LogP contribution < -0.4 is 10.5 Å². The Balaban J connectivity index is 1.93. The van der Waals surface area contributed by atoms with Gasteiger partial charge in [-0.3, -0.25) is 14.9 Å². The minimum absolute atomic E-state index is 0.0122. The van der Waals surface area contributed by atoms with Crippen molar-refractivity contribution in [2.75, 3.05) is 6.61 Å². The summed E-state index contributed by atoms with van der Waals surface area (Å²) in [6.45, 7) is -0.267. The normalized spacial score (nSPS) is 10.6. The quantitative estimate of drug-likeness (QED) is 0.320. The number of primary amides is 1. The number of carbonyl (C=O) groups is 2. The van der Waals surface area contributed by atoms with Crippen molar-refractivity contribution in [2.45, 2.75) is 6.61 Å². The van der Waals surface area contributed by atoms with Gasteiger partial charge in [0.25, 0.3) is 11.6 Å². The first-order valence-electron chi connectivity index (χ1n) is 7.64. The van der Waals surface area contributed by atoms with Gasteiger partial charge in [-0.25, -0.2) is 4.79 Å². The predicted molar refractivity (Wildman–Crippen MR) is 98.1 cm³/mol. The zero-order valence-corrected chi connectivity index (χ0v) is 14.7. The van der Waals surface area contributed by atoms with Gasteiger partial charge in [-0.05, 0) is 35.4 Å². The number of nitro benzene ring substituents is 1. The fourth-order valence-corrected chi connectivity index (χ4v) is 2.21. The molecule has 0 unspecified atom stereocenters. The Kier molecular flexibility index (Phi) is 6.90. The van der Waals surface area contributed by atoms with Crippen LogP contribution in [0, 0.1) is 10.1 Å². The minimum atomic E-state index is -0.629. The van der Waals surface area contributed by atoms with Crippen LogP contribution in [0.1, 0.15) is 11.1 Å². The molecule has 1 amide bonds. The van der Waals surface area contributed by atoms with Crippen LogP contribution in [-0.2, 0) is 20.9 Å². The number of ether oxygens (including phenoxy) is 2. The maximum absolute atomic E-state index is 11.8. The molecular weight excluding hydrogens is 376 g/mol. The molecule has 0 fully saturated rings. The molecule has 0 saturated carbocycles. The van der Waals surface area contributed by atoms with E-state index in [1.54, 1.807) is 30.3 Å². The third kappa shape index (κ3) is 6.44. The third-order valence-corrected chi connectivity index (χ3v) is 3.56. The molecule has 0 aromatic heterocycles. The van der Waals surface area contributed by atoms with Crippen molar-refractivity contribution >= 4 is 35.2 Å². The highest BCUT2D eigenvalue weighted by Crippen LogP contribution is 2.25. The monoisotopic (exact) mass is 390 g/mol.